The quantitative estimate of drug-likeness (QED) is 0.850. The van der Waals surface area contributed by atoms with Crippen LogP contribution in [0.15, 0.2) is 71.2 Å². The van der Waals surface area contributed by atoms with Gasteiger partial charge in [0.25, 0.3) is 0 Å². The Balaban J connectivity index is 1.93. The second kappa shape index (κ2) is 6.14. The highest BCUT2D eigenvalue weighted by Crippen LogP contribution is 2.32. The van der Waals surface area contributed by atoms with Crippen LogP contribution in [-0.2, 0) is 9.53 Å². The molecule has 0 saturated heterocycles. The summed E-state index contributed by atoms with van der Waals surface area (Å²) in [6, 6.07) is 17.7. The highest BCUT2D eigenvalue weighted by atomic mass is 79.9. The number of cyclic esters (lactones) is 1. The number of rotatable bonds is 4. The molecule has 0 amide bonds. The van der Waals surface area contributed by atoms with E-state index in [1.54, 1.807) is 6.08 Å². The average molecular weight is 344 g/mol. The minimum atomic E-state index is -0.323. The zero-order chi connectivity index (χ0) is 14.7. The van der Waals surface area contributed by atoms with Crippen LogP contribution in [0.4, 0.5) is 5.69 Å². The maximum Gasteiger partial charge on any atom is 0.331 e. The van der Waals surface area contributed by atoms with Crippen molar-refractivity contribution in [3.05, 3.63) is 76.8 Å². The average Bonchev–Trinajstić information content (AvgIpc) is 2.93. The summed E-state index contributed by atoms with van der Waals surface area (Å²) in [5.41, 5.74) is 2.03. The molecule has 0 bridgehead atoms. The van der Waals surface area contributed by atoms with Crippen molar-refractivity contribution in [2.45, 2.75) is 12.1 Å². The van der Waals surface area contributed by atoms with E-state index in [4.69, 9.17) is 4.74 Å². The number of esters is 1. The molecule has 0 fully saturated rings. The molecule has 0 aromatic heterocycles. The van der Waals surface area contributed by atoms with E-state index in [0.717, 1.165) is 15.7 Å². The van der Waals surface area contributed by atoms with Crippen LogP contribution in [0.2, 0.25) is 0 Å². The van der Waals surface area contributed by atoms with Crippen molar-refractivity contribution < 1.29 is 9.53 Å². The third-order valence-corrected chi connectivity index (χ3v) is 4.06. The summed E-state index contributed by atoms with van der Waals surface area (Å²) in [5, 5.41) is 3.44. The van der Waals surface area contributed by atoms with Crippen LogP contribution in [0.1, 0.15) is 11.6 Å². The lowest BCUT2D eigenvalue weighted by Crippen LogP contribution is -2.25. The second-order valence-corrected chi connectivity index (χ2v) is 5.62. The number of carbonyl (C=O) groups is 1. The van der Waals surface area contributed by atoms with Crippen molar-refractivity contribution in [2.24, 2.45) is 0 Å². The van der Waals surface area contributed by atoms with Crippen LogP contribution < -0.4 is 5.32 Å². The van der Waals surface area contributed by atoms with E-state index in [9.17, 15) is 4.79 Å². The van der Waals surface area contributed by atoms with Crippen molar-refractivity contribution in [3.8, 4) is 0 Å². The molecule has 1 N–H and O–H groups in total. The zero-order valence-electron chi connectivity index (χ0n) is 11.2. The van der Waals surface area contributed by atoms with E-state index in [0.29, 0.717) is 0 Å². The van der Waals surface area contributed by atoms with Gasteiger partial charge < -0.3 is 10.1 Å². The summed E-state index contributed by atoms with van der Waals surface area (Å²) in [6.45, 7) is 0. The first kappa shape index (κ1) is 13.9. The third-order valence-electron chi connectivity index (χ3n) is 3.34. The number of hydrogen-bond donors (Lipinski definition) is 1. The summed E-state index contributed by atoms with van der Waals surface area (Å²) < 4.78 is 6.35. The molecule has 1 aliphatic rings. The Morgan fingerprint density at radius 1 is 1.05 bits per heavy atom. The highest BCUT2D eigenvalue weighted by Gasteiger charge is 2.29. The van der Waals surface area contributed by atoms with Crippen LogP contribution >= 0.6 is 15.9 Å². The Labute approximate surface area is 131 Å². The Bertz CT molecular complexity index is 670. The summed E-state index contributed by atoms with van der Waals surface area (Å²) >= 11 is 3.57. The van der Waals surface area contributed by atoms with Gasteiger partial charge in [-0.3, -0.25) is 0 Å². The molecule has 0 radical (unpaired) electrons. The van der Waals surface area contributed by atoms with Crippen molar-refractivity contribution in [3.63, 3.8) is 0 Å². The van der Waals surface area contributed by atoms with E-state index in [1.807, 2.05) is 54.6 Å². The van der Waals surface area contributed by atoms with Gasteiger partial charge >= 0.3 is 5.97 Å². The summed E-state index contributed by atoms with van der Waals surface area (Å²) in [6.07, 6.45) is 2.94. The van der Waals surface area contributed by atoms with E-state index in [-0.39, 0.29) is 18.1 Å². The zero-order valence-corrected chi connectivity index (χ0v) is 12.8. The molecule has 0 unspecified atom stereocenters. The molecule has 0 spiro atoms. The Hall–Kier alpha value is -2.07. The number of anilines is 1. The van der Waals surface area contributed by atoms with Crippen LogP contribution in [0.3, 0.4) is 0 Å². The first-order valence-electron chi connectivity index (χ1n) is 6.69. The predicted octanol–water partition coefficient (Wildman–Crippen LogP) is 4.08. The fraction of sp³-hybridized carbons (Fsp3) is 0.118. The maximum absolute atomic E-state index is 11.4. The molecule has 21 heavy (non-hydrogen) atoms. The van der Waals surface area contributed by atoms with Gasteiger partial charge in [0.15, 0.2) is 0 Å². The topological polar surface area (TPSA) is 38.3 Å². The molecule has 0 aliphatic carbocycles. The number of para-hydroxylation sites is 1. The van der Waals surface area contributed by atoms with E-state index in [2.05, 4.69) is 21.2 Å². The molecule has 0 saturated carbocycles. The minimum Gasteiger partial charge on any atom is -0.452 e. The lowest BCUT2D eigenvalue weighted by molar-refractivity contribution is -0.139. The third kappa shape index (κ3) is 3.16. The number of halogens is 1. The normalized spacial score (nSPS) is 18.3. The number of benzene rings is 2. The SMILES string of the molecule is O=C1C=C[C@@H]([C@H](Nc2ccccc2)c2ccccc2Br)O1. The maximum atomic E-state index is 11.4. The summed E-state index contributed by atoms with van der Waals surface area (Å²) in [4.78, 5) is 11.4. The van der Waals surface area contributed by atoms with Gasteiger partial charge in [-0.15, -0.1) is 0 Å². The Kier molecular flexibility index (Phi) is 4.06. The molecule has 4 heteroatoms. The second-order valence-electron chi connectivity index (χ2n) is 4.77. The minimum absolute atomic E-state index is 0.148. The summed E-state index contributed by atoms with van der Waals surface area (Å²) in [7, 11) is 0. The molecule has 2 aromatic rings. The first-order valence-corrected chi connectivity index (χ1v) is 7.48. The van der Waals surface area contributed by atoms with Crippen LogP contribution in [0, 0.1) is 0 Å². The number of nitrogens with one attached hydrogen (secondary N) is 1. The van der Waals surface area contributed by atoms with E-state index in [1.165, 1.54) is 6.08 Å². The van der Waals surface area contributed by atoms with Gasteiger partial charge in [0.1, 0.15) is 6.10 Å². The van der Waals surface area contributed by atoms with Crippen molar-refractivity contribution in [2.75, 3.05) is 5.32 Å². The molecule has 2 atom stereocenters. The van der Waals surface area contributed by atoms with Gasteiger partial charge in [-0.25, -0.2) is 4.79 Å². The summed E-state index contributed by atoms with van der Waals surface area (Å²) in [5.74, 6) is -0.299. The highest BCUT2D eigenvalue weighted by molar-refractivity contribution is 9.10. The van der Waals surface area contributed by atoms with Crippen molar-refractivity contribution in [1.29, 1.82) is 0 Å². The van der Waals surface area contributed by atoms with E-state index >= 15 is 0 Å². The lowest BCUT2D eigenvalue weighted by atomic mass is 10.0. The van der Waals surface area contributed by atoms with Gasteiger partial charge in [0.05, 0.1) is 6.04 Å². The monoisotopic (exact) mass is 343 g/mol. The first-order chi connectivity index (χ1) is 10.2. The van der Waals surface area contributed by atoms with Crippen LogP contribution in [-0.4, -0.2) is 12.1 Å². The predicted molar refractivity (Wildman–Crippen MR) is 86.0 cm³/mol. The van der Waals surface area contributed by atoms with Gasteiger partial charge in [0.2, 0.25) is 0 Å². The van der Waals surface area contributed by atoms with Crippen LogP contribution in [0.25, 0.3) is 0 Å². The number of carbonyl (C=O) groups excluding carboxylic acids is 1. The molecule has 1 heterocycles. The molecule has 3 nitrogen and oxygen atoms in total. The molecular weight excluding hydrogens is 330 g/mol. The van der Waals surface area contributed by atoms with E-state index < -0.39 is 0 Å². The Morgan fingerprint density at radius 3 is 2.43 bits per heavy atom. The lowest BCUT2D eigenvalue weighted by Gasteiger charge is -2.25. The fourth-order valence-corrected chi connectivity index (χ4v) is 2.87. The van der Waals surface area contributed by atoms with Gasteiger partial charge in [-0.1, -0.05) is 52.3 Å². The standard InChI is InChI=1S/C17H14BrNO2/c18-14-9-5-4-8-13(14)17(15-10-11-16(20)21-15)19-12-6-2-1-3-7-12/h1-11,15,17,19H/t15-,17+/m0/s1. The largest absolute Gasteiger partial charge is 0.452 e. The van der Waals surface area contributed by atoms with Crippen molar-refractivity contribution in [1.82, 2.24) is 0 Å². The smallest absolute Gasteiger partial charge is 0.331 e. The molecule has 106 valence electrons. The number of ether oxygens (including phenoxy) is 1. The molecule has 3 rings (SSSR count). The van der Waals surface area contributed by atoms with Gasteiger partial charge in [-0.2, -0.15) is 0 Å². The molecular formula is C17H14BrNO2. The molecule has 1 aliphatic heterocycles. The fourth-order valence-electron chi connectivity index (χ4n) is 2.34. The van der Waals surface area contributed by atoms with Gasteiger partial charge in [-0.05, 0) is 29.8 Å². The van der Waals surface area contributed by atoms with Crippen LogP contribution in [0.5, 0.6) is 0 Å². The molecule has 2 aromatic carbocycles. The Morgan fingerprint density at radius 2 is 1.76 bits per heavy atom. The van der Waals surface area contributed by atoms with Gasteiger partial charge in [0, 0.05) is 16.2 Å². The number of hydrogen-bond acceptors (Lipinski definition) is 3. The van der Waals surface area contributed by atoms with Crippen molar-refractivity contribution >= 4 is 27.6 Å².